The lowest BCUT2D eigenvalue weighted by molar-refractivity contribution is 0.426. The van der Waals surface area contributed by atoms with Gasteiger partial charge >= 0.3 is 7.12 Å². The maximum absolute atomic E-state index is 13.1. The molecule has 14 heavy (non-hydrogen) atoms. The van der Waals surface area contributed by atoms with E-state index >= 15 is 0 Å². The first-order valence-corrected chi connectivity index (χ1v) is 5.08. The fraction of sp³-hybridized carbons (Fsp3) is 0. The molecule has 0 radical (unpaired) electrons. The Hall–Kier alpha value is -0.615. The average molecular weight is 230 g/mol. The number of rotatable bonds is 1. The third kappa shape index (κ3) is 1.42. The highest BCUT2D eigenvalue weighted by Gasteiger charge is 2.20. The lowest BCUT2D eigenvalue weighted by Gasteiger charge is -2.03. The zero-order valence-electron chi connectivity index (χ0n) is 6.87. The van der Waals surface area contributed by atoms with Gasteiger partial charge in [0.05, 0.1) is 0 Å². The Morgan fingerprint density at radius 3 is 2.71 bits per heavy atom. The third-order valence-electron chi connectivity index (χ3n) is 1.94. The van der Waals surface area contributed by atoms with E-state index in [0.717, 1.165) is 11.3 Å². The van der Waals surface area contributed by atoms with E-state index in [-0.39, 0.29) is 16.3 Å². The van der Waals surface area contributed by atoms with Crippen LogP contribution in [-0.2, 0) is 0 Å². The summed E-state index contributed by atoms with van der Waals surface area (Å²) in [5.41, 5.74) is 0.165. The van der Waals surface area contributed by atoms with Crippen LogP contribution in [0, 0.1) is 5.82 Å². The molecule has 0 saturated heterocycles. The molecule has 0 fully saturated rings. The lowest BCUT2D eigenvalue weighted by atomic mass is 9.80. The minimum absolute atomic E-state index is 0.165. The average Bonchev–Trinajstić information content (AvgIpc) is 2.47. The van der Waals surface area contributed by atoms with Gasteiger partial charge in [-0.2, -0.15) is 0 Å². The van der Waals surface area contributed by atoms with Crippen LogP contribution in [0.2, 0.25) is 5.02 Å². The van der Waals surface area contributed by atoms with Crippen molar-refractivity contribution in [3.05, 3.63) is 28.4 Å². The van der Waals surface area contributed by atoms with Crippen LogP contribution in [0.1, 0.15) is 0 Å². The summed E-state index contributed by atoms with van der Waals surface area (Å²) in [5, 5.41) is 20.0. The molecule has 2 aromatic rings. The van der Waals surface area contributed by atoms with E-state index in [9.17, 15) is 4.39 Å². The molecule has 1 heterocycles. The fourth-order valence-electron chi connectivity index (χ4n) is 1.31. The van der Waals surface area contributed by atoms with Gasteiger partial charge in [-0.1, -0.05) is 11.6 Å². The number of hydrogen-bond acceptors (Lipinski definition) is 3. The smallest absolute Gasteiger partial charge is 0.423 e. The number of thiophene rings is 1. The van der Waals surface area contributed by atoms with E-state index in [1.54, 1.807) is 0 Å². The zero-order valence-corrected chi connectivity index (χ0v) is 8.44. The highest BCUT2D eigenvalue weighted by Crippen LogP contribution is 2.25. The van der Waals surface area contributed by atoms with Crippen LogP contribution < -0.4 is 5.46 Å². The molecule has 0 atom stereocenters. The summed E-state index contributed by atoms with van der Waals surface area (Å²) in [6.45, 7) is 0. The standard InChI is InChI=1S/C8H5BClFO2S/c10-5-2-1-4-6(11)3-14-8(4)7(5)9(12)13/h1-3,12-13H. The van der Waals surface area contributed by atoms with Crippen molar-refractivity contribution in [2.24, 2.45) is 0 Å². The maximum atomic E-state index is 13.1. The summed E-state index contributed by atoms with van der Waals surface area (Å²) in [4.78, 5) is 0. The van der Waals surface area contributed by atoms with Gasteiger partial charge in [-0.05, 0) is 12.1 Å². The van der Waals surface area contributed by atoms with E-state index in [1.807, 2.05) is 0 Å². The van der Waals surface area contributed by atoms with Crippen molar-refractivity contribution >= 4 is 45.6 Å². The van der Waals surface area contributed by atoms with Crippen molar-refractivity contribution in [1.82, 2.24) is 0 Å². The number of halogens is 2. The molecule has 1 aromatic heterocycles. The molecule has 0 aliphatic carbocycles. The van der Waals surface area contributed by atoms with Gasteiger partial charge in [0.25, 0.3) is 0 Å². The van der Waals surface area contributed by atoms with Crippen molar-refractivity contribution in [1.29, 1.82) is 0 Å². The van der Waals surface area contributed by atoms with Gasteiger partial charge in [-0.15, -0.1) is 11.3 Å². The monoisotopic (exact) mass is 230 g/mol. The largest absolute Gasteiger partial charge is 0.491 e. The minimum atomic E-state index is -1.68. The second-order valence-electron chi connectivity index (χ2n) is 2.80. The summed E-state index contributed by atoms with van der Waals surface area (Å²) < 4.78 is 13.6. The van der Waals surface area contributed by atoms with Crippen molar-refractivity contribution in [3.8, 4) is 0 Å². The van der Waals surface area contributed by atoms with Crippen LogP contribution in [0.15, 0.2) is 17.5 Å². The lowest BCUT2D eigenvalue weighted by Crippen LogP contribution is -2.31. The van der Waals surface area contributed by atoms with Gasteiger partial charge in [-0.3, -0.25) is 0 Å². The van der Waals surface area contributed by atoms with Gasteiger partial charge < -0.3 is 10.0 Å². The Kier molecular flexibility index (Phi) is 2.49. The molecule has 0 aliphatic heterocycles. The normalized spacial score (nSPS) is 10.9. The molecule has 72 valence electrons. The van der Waals surface area contributed by atoms with Crippen LogP contribution in [0.3, 0.4) is 0 Å². The molecular formula is C8H5BClFO2S. The quantitative estimate of drug-likeness (QED) is 0.727. The molecular weight excluding hydrogens is 225 g/mol. The van der Waals surface area contributed by atoms with Crippen molar-refractivity contribution in [2.75, 3.05) is 0 Å². The summed E-state index contributed by atoms with van der Waals surface area (Å²) in [5.74, 6) is -0.372. The number of hydrogen-bond donors (Lipinski definition) is 2. The summed E-state index contributed by atoms with van der Waals surface area (Å²) >= 11 is 6.88. The summed E-state index contributed by atoms with van der Waals surface area (Å²) in [6, 6.07) is 2.98. The van der Waals surface area contributed by atoms with Crippen LogP contribution in [-0.4, -0.2) is 17.2 Å². The topological polar surface area (TPSA) is 40.5 Å². The second kappa shape index (κ2) is 3.51. The number of benzene rings is 1. The van der Waals surface area contributed by atoms with Crippen LogP contribution in [0.5, 0.6) is 0 Å². The Morgan fingerprint density at radius 2 is 2.07 bits per heavy atom. The second-order valence-corrected chi connectivity index (χ2v) is 4.08. The van der Waals surface area contributed by atoms with Gasteiger partial charge in [-0.25, -0.2) is 4.39 Å². The Morgan fingerprint density at radius 1 is 1.36 bits per heavy atom. The molecule has 6 heteroatoms. The molecule has 0 amide bonds. The zero-order chi connectivity index (χ0) is 10.3. The molecule has 0 bridgehead atoms. The van der Waals surface area contributed by atoms with E-state index in [2.05, 4.69) is 0 Å². The Bertz CT molecular complexity index is 485. The van der Waals surface area contributed by atoms with Gasteiger partial charge in [0.1, 0.15) is 5.82 Å². The molecule has 0 spiro atoms. The Balaban J connectivity index is 2.83. The first-order chi connectivity index (χ1) is 6.61. The molecule has 1 aromatic carbocycles. The molecule has 0 aliphatic rings. The Labute approximate surface area is 88.7 Å². The predicted molar refractivity (Wildman–Crippen MR) is 56.6 cm³/mol. The van der Waals surface area contributed by atoms with E-state index < -0.39 is 7.12 Å². The highest BCUT2D eigenvalue weighted by atomic mass is 35.5. The SMILES string of the molecule is OB(O)c1c(Cl)ccc2c(F)csc12. The molecule has 2 N–H and O–H groups in total. The van der Waals surface area contributed by atoms with Crippen LogP contribution in [0.4, 0.5) is 4.39 Å². The molecule has 2 rings (SSSR count). The van der Waals surface area contributed by atoms with Crippen molar-refractivity contribution < 1.29 is 14.4 Å². The van der Waals surface area contributed by atoms with E-state index in [1.165, 1.54) is 17.5 Å². The molecule has 0 unspecified atom stereocenters. The molecule has 0 saturated carbocycles. The first-order valence-electron chi connectivity index (χ1n) is 3.82. The predicted octanol–water partition coefficient (Wildman–Crippen LogP) is 1.37. The minimum Gasteiger partial charge on any atom is -0.423 e. The van der Waals surface area contributed by atoms with Gasteiger partial charge in [0.15, 0.2) is 0 Å². The first kappa shape index (κ1) is 9.92. The third-order valence-corrected chi connectivity index (χ3v) is 3.27. The van der Waals surface area contributed by atoms with Crippen LogP contribution >= 0.6 is 22.9 Å². The molecule has 2 nitrogen and oxygen atoms in total. The maximum Gasteiger partial charge on any atom is 0.491 e. The highest BCUT2D eigenvalue weighted by molar-refractivity contribution is 7.18. The fourth-order valence-corrected chi connectivity index (χ4v) is 2.60. The van der Waals surface area contributed by atoms with Crippen molar-refractivity contribution in [2.45, 2.75) is 0 Å². The summed E-state index contributed by atoms with van der Waals surface area (Å²) in [6.07, 6.45) is 0. The summed E-state index contributed by atoms with van der Waals surface area (Å²) in [7, 11) is -1.68. The van der Waals surface area contributed by atoms with Gasteiger partial charge in [0, 0.05) is 26.0 Å². The van der Waals surface area contributed by atoms with Crippen molar-refractivity contribution in [3.63, 3.8) is 0 Å². The van der Waals surface area contributed by atoms with Gasteiger partial charge in [0.2, 0.25) is 0 Å². The van der Waals surface area contributed by atoms with Crippen LogP contribution in [0.25, 0.3) is 10.1 Å². The number of fused-ring (bicyclic) bond motifs is 1. The van der Waals surface area contributed by atoms with E-state index in [0.29, 0.717) is 10.1 Å². The van der Waals surface area contributed by atoms with E-state index in [4.69, 9.17) is 21.6 Å².